The number of pyridine rings is 1. The second kappa shape index (κ2) is 5.33. The highest BCUT2D eigenvalue weighted by Crippen LogP contribution is 2.31. The quantitative estimate of drug-likeness (QED) is 0.808. The van der Waals surface area contributed by atoms with Gasteiger partial charge < -0.3 is 15.4 Å². The molecule has 2 heterocycles. The van der Waals surface area contributed by atoms with E-state index in [9.17, 15) is 18.0 Å². The first kappa shape index (κ1) is 14.1. The number of hydrogen-bond donors (Lipinski definition) is 3. The highest BCUT2D eigenvalue weighted by Gasteiger charge is 2.31. The van der Waals surface area contributed by atoms with E-state index in [2.05, 4.69) is 15.3 Å². The van der Waals surface area contributed by atoms with Gasteiger partial charge in [-0.2, -0.15) is 13.2 Å². The van der Waals surface area contributed by atoms with Crippen LogP contribution >= 0.6 is 0 Å². The number of carbonyl (C=O) groups excluding carboxylic acids is 1. The van der Waals surface area contributed by atoms with Crippen molar-refractivity contribution in [2.24, 2.45) is 0 Å². The first-order valence-corrected chi connectivity index (χ1v) is 5.53. The SMILES string of the molecule is O=C(Nc1cc(C(F)(F)F)cnc1CO)c1ccc[nH]1. The van der Waals surface area contributed by atoms with E-state index in [1.807, 2.05) is 0 Å². The van der Waals surface area contributed by atoms with Crippen LogP contribution in [-0.4, -0.2) is 21.0 Å². The summed E-state index contributed by atoms with van der Waals surface area (Å²) >= 11 is 0. The summed E-state index contributed by atoms with van der Waals surface area (Å²) in [6.07, 6.45) is -2.46. The van der Waals surface area contributed by atoms with Crippen molar-refractivity contribution in [3.8, 4) is 0 Å². The highest BCUT2D eigenvalue weighted by atomic mass is 19.4. The minimum atomic E-state index is -4.58. The van der Waals surface area contributed by atoms with Crippen molar-refractivity contribution in [2.75, 3.05) is 5.32 Å². The summed E-state index contributed by atoms with van der Waals surface area (Å²) in [7, 11) is 0. The molecular formula is C12H10F3N3O2. The molecule has 20 heavy (non-hydrogen) atoms. The monoisotopic (exact) mass is 285 g/mol. The number of nitrogens with zero attached hydrogens (tertiary/aromatic N) is 1. The van der Waals surface area contributed by atoms with Gasteiger partial charge in [0.1, 0.15) is 5.69 Å². The molecule has 106 valence electrons. The minimum Gasteiger partial charge on any atom is -0.390 e. The van der Waals surface area contributed by atoms with Gasteiger partial charge in [-0.15, -0.1) is 0 Å². The molecule has 0 radical (unpaired) electrons. The molecule has 0 bridgehead atoms. The third-order valence-electron chi connectivity index (χ3n) is 2.54. The third-order valence-corrected chi connectivity index (χ3v) is 2.54. The van der Waals surface area contributed by atoms with Crippen LogP contribution in [0.1, 0.15) is 21.7 Å². The summed E-state index contributed by atoms with van der Waals surface area (Å²) in [6, 6.07) is 3.78. The van der Waals surface area contributed by atoms with Crippen molar-refractivity contribution >= 4 is 11.6 Å². The molecule has 0 saturated carbocycles. The maximum Gasteiger partial charge on any atom is 0.417 e. The maximum atomic E-state index is 12.6. The molecule has 0 aliphatic carbocycles. The molecule has 5 nitrogen and oxygen atoms in total. The summed E-state index contributed by atoms with van der Waals surface area (Å²) in [4.78, 5) is 17.9. The molecule has 0 aliphatic heterocycles. The van der Waals surface area contributed by atoms with Crippen molar-refractivity contribution in [3.05, 3.63) is 47.5 Å². The van der Waals surface area contributed by atoms with Gasteiger partial charge in [-0.25, -0.2) is 0 Å². The number of hydrogen-bond acceptors (Lipinski definition) is 3. The molecule has 0 aliphatic rings. The largest absolute Gasteiger partial charge is 0.417 e. The molecular weight excluding hydrogens is 275 g/mol. The Balaban J connectivity index is 2.32. The summed E-state index contributed by atoms with van der Waals surface area (Å²) in [5, 5.41) is 11.3. The second-order valence-corrected chi connectivity index (χ2v) is 3.91. The van der Waals surface area contributed by atoms with Crippen molar-refractivity contribution < 1.29 is 23.1 Å². The van der Waals surface area contributed by atoms with Gasteiger partial charge in [0.15, 0.2) is 0 Å². The Kier molecular flexibility index (Phi) is 3.75. The Morgan fingerprint density at radius 2 is 2.20 bits per heavy atom. The number of nitrogens with one attached hydrogen (secondary N) is 2. The first-order valence-electron chi connectivity index (χ1n) is 5.53. The summed E-state index contributed by atoms with van der Waals surface area (Å²) < 4.78 is 37.8. The summed E-state index contributed by atoms with van der Waals surface area (Å²) in [5.41, 5.74) is -1.04. The molecule has 0 unspecified atom stereocenters. The topological polar surface area (TPSA) is 78.0 Å². The number of anilines is 1. The van der Waals surface area contributed by atoms with Gasteiger partial charge in [0.25, 0.3) is 5.91 Å². The number of amides is 1. The number of alkyl halides is 3. The Morgan fingerprint density at radius 3 is 2.75 bits per heavy atom. The Labute approximate surface area is 111 Å². The lowest BCUT2D eigenvalue weighted by Gasteiger charge is -2.12. The molecule has 1 amide bonds. The number of aromatic nitrogens is 2. The van der Waals surface area contributed by atoms with E-state index in [1.54, 1.807) is 6.07 Å². The number of H-pyrrole nitrogens is 1. The van der Waals surface area contributed by atoms with Gasteiger partial charge in [-0.3, -0.25) is 9.78 Å². The van der Waals surface area contributed by atoms with Crippen LogP contribution < -0.4 is 5.32 Å². The van der Waals surface area contributed by atoms with Crippen LogP contribution in [-0.2, 0) is 12.8 Å². The van der Waals surface area contributed by atoms with Crippen LogP contribution in [0.3, 0.4) is 0 Å². The van der Waals surface area contributed by atoms with Gasteiger partial charge in [0, 0.05) is 12.4 Å². The molecule has 0 atom stereocenters. The van der Waals surface area contributed by atoms with Crippen molar-refractivity contribution in [1.29, 1.82) is 0 Å². The minimum absolute atomic E-state index is 0.0436. The van der Waals surface area contributed by atoms with Crippen LogP contribution in [0.5, 0.6) is 0 Å². The Morgan fingerprint density at radius 1 is 1.45 bits per heavy atom. The molecule has 0 aromatic carbocycles. The van der Waals surface area contributed by atoms with Crippen LogP contribution in [0.2, 0.25) is 0 Å². The van der Waals surface area contributed by atoms with E-state index in [0.717, 1.165) is 6.07 Å². The van der Waals surface area contributed by atoms with Gasteiger partial charge in [0.05, 0.1) is 23.6 Å². The Bertz CT molecular complexity index is 609. The molecule has 0 fully saturated rings. The molecule has 2 aromatic rings. The maximum absolute atomic E-state index is 12.6. The van der Waals surface area contributed by atoms with Gasteiger partial charge >= 0.3 is 6.18 Å². The molecule has 0 spiro atoms. The smallest absolute Gasteiger partial charge is 0.390 e. The average Bonchev–Trinajstić information content (AvgIpc) is 2.91. The average molecular weight is 285 g/mol. The third kappa shape index (κ3) is 2.97. The fourth-order valence-electron chi connectivity index (χ4n) is 1.54. The standard InChI is InChI=1S/C12H10F3N3O2/c13-12(14,15)7-4-9(10(6-19)17-5-7)18-11(20)8-2-1-3-16-8/h1-5,16,19H,6H2,(H,18,20). The number of aromatic amines is 1. The molecule has 3 N–H and O–H groups in total. The lowest BCUT2D eigenvalue weighted by atomic mass is 10.2. The van der Waals surface area contributed by atoms with E-state index in [0.29, 0.717) is 6.20 Å². The normalized spacial score (nSPS) is 11.4. The summed E-state index contributed by atoms with van der Waals surface area (Å²) in [5.74, 6) is -0.620. The van der Waals surface area contributed by atoms with Crippen LogP contribution in [0.25, 0.3) is 0 Å². The van der Waals surface area contributed by atoms with E-state index < -0.39 is 24.3 Å². The van der Waals surface area contributed by atoms with Gasteiger partial charge in [-0.1, -0.05) is 0 Å². The fourth-order valence-corrected chi connectivity index (χ4v) is 1.54. The van der Waals surface area contributed by atoms with Crippen LogP contribution in [0.15, 0.2) is 30.6 Å². The number of halogens is 3. The van der Waals surface area contributed by atoms with Gasteiger partial charge in [0.2, 0.25) is 0 Å². The van der Waals surface area contributed by atoms with Crippen LogP contribution in [0, 0.1) is 0 Å². The highest BCUT2D eigenvalue weighted by molar-refractivity contribution is 6.03. The first-order chi connectivity index (χ1) is 9.41. The zero-order chi connectivity index (χ0) is 14.8. The predicted octanol–water partition coefficient (Wildman–Crippen LogP) is 2.17. The Hall–Kier alpha value is -2.35. The number of rotatable bonds is 3. The molecule has 2 rings (SSSR count). The van der Waals surface area contributed by atoms with Crippen molar-refractivity contribution in [1.82, 2.24) is 9.97 Å². The zero-order valence-electron chi connectivity index (χ0n) is 10.0. The zero-order valence-corrected chi connectivity index (χ0v) is 10.0. The number of aliphatic hydroxyl groups is 1. The van der Waals surface area contributed by atoms with E-state index >= 15 is 0 Å². The lowest BCUT2D eigenvalue weighted by molar-refractivity contribution is -0.137. The molecule has 0 saturated heterocycles. The molecule has 8 heteroatoms. The van der Waals surface area contributed by atoms with Crippen molar-refractivity contribution in [3.63, 3.8) is 0 Å². The number of carbonyl (C=O) groups is 1. The summed E-state index contributed by atoms with van der Waals surface area (Å²) in [6.45, 7) is -0.585. The van der Waals surface area contributed by atoms with E-state index in [4.69, 9.17) is 5.11 Å². The molecule has 2 aromatic heterocycles. The van der Waals surface area contributed by atoms with Crippen LogP contribution in [0.4, 0.5) is 18.9 Å². The second-order valence-electron chi connectivity index (χ2n) is 3.91. The fraction of sp³-hybridized carbons (Fsp3) is 0.167. The number of aliphatic hydroxyl groups excluding tert-OH is 1. The van der Waals surface area contributed by atoms with E-state index in [1.165, 1.54) is 12.3 Å². The predicted molar refractivity (Wildman–Crippen MR) is 63.9 cm³/mol. The van der Waals surface area contributed by atoms with E-state index in [-0.39, 0.29) is 17.1 Å². The lowest BCUT2D eigenvalue weighted by Crippen LogP contribution is -2.16. The van der Waals surface area contributed by atoms with Gasteiger partial charge in [-0.05, 0) is 18.2 Å². The van der Waals surface area contributed by atoms with Crippen molar-refractivity contribution in [2.45, 2.75) is 12.8 Å².